The molecule has 1 unspecified atom stereocenters. The first-order chi connectivity index (χ1) is 9.54. The summed E-state index contributed by atoms with van der Waals surface area (Å²) in [5.74, 6) is -0.156. The van der Waals surface area contributed by atoms with Crippen molar-refractivity contribution < 1.29 is 9.90 Å². The van der Waals surface area contributed by atoms with Gasteiger partial charge in [0.05, 0.1) is 5.75 Å². The molecule has 0 aromatic carbocycles. The lowest BCUT2D eigenvalue weighted by Crippen LogP contribution is -2.29. The lowest BCUT2D eigenvalue weighted by Gasteiger charge is -2.20. The number of likely N-dealkylation sites (tertiary alicyclic amines) is 1. The first-order valence-electron chi connectivity index (χ1n) is 6.70. The highest BCUT2D eigenvalue weighted by Gasteiger charge is 2.24. The third-order valence-corrected chi connectivity index (χ3v) is 5.31. The Morgan fingerprint density at radius 3 is 3.05 bits per heavy atom. The molecule has 1 aromatic heterocycles. The van der Waals surface area contributed by atoms with Crippen LogP contribution in [0.2, 0.25) is 0 Å². The van der Waals surface area contributed by atoms with E-state index in [0.29, 0.717) is 16.3 Å². The van der Waals surface area contributed by atoms with E-state index in [1.54, 1.807) is 0 Å². The van der Waals surface area contributed by atoms with Crippen molar-refractivity contribution in [2.24, 2.45) is 5.92 Å². The van der Waals surface area contributed by atoms with Crippen LogP contribution in [0.1, 0.15) is 20.3 Å². The van der Waals surface area contributed by atoms with Gasteiger partial charge in [-0.1, -0.05) is 23.1 Å². The molecule has 6 nitrogen and oxygen atoms in total. The van der Waals surface area contributed by atoms with Crippen LogP contribution in [0.15, 0.2) is 4.34 Å². The summed E-state index contributed by atoms with van der Waals surface area (Å²) in [6.07, 6.45) is 1.21. The average Bonchev–Trinajstić information content (AvgIpc) is 3.03. The molecule has 20 heavy (non-hydrogen) atoms. The van der Waals surface area contributed by atoms with Gasteiger partial charge in [0.15, 0.2) is 4.34 Å². The standard InChI is InChI=1S/C12H20N4O2S2/c1-8(2)16-4-3-9(6-16)5-13-11-14-15-12(20-11)19-7-10(17)18/h8-9H,3-7H2,1-2H3,(H,13,14)(H,17,18). The van der Waals surface area contributed by atoms with Crippen LogP contribution in [-0.2, 0) is 4.79 Å². The second kappa shape index (κ2) is 7.24. The minimum absolute atomic E-state index is 0.0284. The largest absolute Gasteiger partial charge is 0.481 e. The van der Waals surface area contributed by atoms with Crippen molar-refractivity contribution in [3.63, 3.8) is 0 Å². The van der Waals surface area contributed by atoms with Crippen molar-refractivity contribution in [3.05, 3.63) is 0 Å². The molecular weight excluding hydrogens is 296 g/mol. The van der Waals surface area contributed by atoms with Gasteiger partial charge in [0.1, 0.15) is 0 Å². The van der Waals surface area contributed by atoms with Gasteiger partial charge in [-0.2, -0.15) is 0 Å². The molecule has 2 heterocycles. The fraction of sp³-hybridized carbons (Fsp3) is 0.750. The number of nitrogens with one attached hydrogen (secondary N) is 1. The van der Waals surface area contributed by atoms with Crippen LogP contribution in [0.5, 0.6) is 0 Å². The molecule has 0 aliphatic carbocycles. The van der Waals surface area contributed by atoms with E-state index in [1.807, 2.05) is 0 Å². The Bertz CT molecular complexity index is 452. The van der Waals surface area contributed by atoms with Gasteiger partial charge in [-0.15, -0.1) is 10.2 Å². The van der Waals surface area contributed by atoms with Gasteiger partial charge in [0, 0.05) is 19.1 Å². The summed E-state index contributed by atoms with van der Waals surface area (Å²) in [5, 5.41) is 20.7. The number of nitrogens with zero attached hydrogens (tertiary/aromatic N) is 3. The molecule has 0 amide bonds. The molecule has 1 fully saturated rings. The molecule has 8 heteroatoms. The summed E-state index contributed by atoms with van der Waals surface area (Å²) in [6.45, 7) is 7.66. The van der Waals surface area contributed by atoms with E-state index in [4.69, 9.17) is 5.11 Å². The van der Waals surface area contributed by atoms with Crippen LogP contribution in [0.25, 0.3) is 0 Å². The molecule has 1 atom stereocenters. The van der Waals surface area contributed by atoms with Crippen molar-refractivity contribution in [1.29, 1.82) is 0 Å². The van der Waals surface area contributed by atoms with E-state index in [1.165, 1.54) is 36.1 Å². The molecule has 0 bridgehead atoms. The number of carboxylic acid groups (broad SMARTS) is 1. The maximum Gasteiger partial charge on any atom is 0.313 e. The molecule has 112 valence electrons. The zero-order valence-electron chi connectivity index (χ0n) is 11.7. The predicted octanol–water partition coefficient (Wildman–Crippen LogP) is 1.86. The summed E-state index contributed by atoms with van der Waals surface area (Å²) in [4.78, 5) is 13.0. The second-order valence-corrected chi connectivity index (χ2v) is 7.38. The minimum Gasteiger partial charge on any atom is -0.481 e. The average molecular weight is 316 g/mol. The van der Waals surface area contributed by atoms with Crippen molar-refractivity contribution in [3.8, 4) is 0 Å². The number of carbonyl (C=O) groups is 1. The van der Waals surface area contributed by atoms with Crippen LogP contribution in [0, 0.1) is 5.92 Å². The Kier molecular flexibility index (Phi) is 5.62. The third-order valence-electron chi connectivity index (χ3n) is 3.32. The number of hydrogen-bond donors (Lipinski definition) is 2. The van der Waals surface area contributed by atoms with Crippen LogP contribution >= 0.6 is 23.1 Å². The molecule has 2 rings (SSSR count). The van der Waals surface area contributed by atoms with Crippen molar-refractivity contribution in [1.82, 2.24) is 15.1 Å². The van der Waals surface area contributed by atoms with E-state index in [9.17, 15) is 4.79 Å². The molecule has 2 N–H and O–H groups in total. The molecule has 1 aliphatic rings. The Balaban J connectivity index is 1.73. The SMILES string of the molecule is CC(C)N1CCC(CNc2nnc(SCC(=O)O)s2)C1. The lowest BCUT2D eigenvalue weighted by molar-refractivity contribution is -0.133. The van der Waals surface area contributed by atoms with Crippen molar-refractivity contribution in [2.45, 2.75) is 30.6 Å². The predicted molar refractivity (Wildman–Crippen MR) is 81.6 cm³/mol. The van der Waals surface area contributed by atoms with E-state index in [0.717, 1.165) is 18.2 Å². The maximum atomic E-state index is 10.5. The van der Waals surface area contributed by atoms with Crippen LogP contribution < -0.4 is 5.32 Å². The molecule has 1 aliphatic heterocycles. The van der Waals surface area contributed by atoms with E-state index < -0.39 is 5.97 Å². The summed E-state index contributed by atoms with van der Waals surface area (Å²) >= 11 is 2.63. The number of rotatable bonds is 7. The highest BCUT2D eigenvalue weighted by Crippen LogP contribution is 2.26. The quantitative estimate of drug-likeness (QED) is 0.743. The van der Waals surface area contributed by atoms with Gasteiger partial charge < -0.3 is 15.3 Å². The number of aliphatic carboxylic acids is 1. The number of aromatic nitrogens is 2. The second-order valence-electron chi connectivity index (χ2n) is 5.18. The lowest BCUT2D eigenvalue weighted by atomic mass is 10.1. The highest BCUT2D eigenvalue weighted by atomic mass is 32.2. The van der Waals surface area contributed by atoms with E-state index >= 15 is 0 Å². The summed E-state index contributed by atoms with van der Waals surface area (Å²) in [7, 11) is 0. The fourth-order valence-electron chi connectivity index (χ4n) is 2.19. The number of hydrogen-bond acceptors (Lipinski definition) is 7. The molecule has 1 saturated heterocycles. The smallest absolute Gasteiger partial charge is 0.313 e. The zero-order valence-corrected chi connectivity index (χ0v) is 13.3. The van der Waals surface area contributed by atoms with Gasteiger partial charge in [-0.25, -0.2) is 0 Å². The third kappa shape index (κ3) is 4.60. The Hall–Kier alpha value is -0.860. The van der Waals surface area contributed by atoms with Crippen LogP contribution in [0.4, 0.5) is 5.13 Å². The van der Waals surface area contributed by atoms with Crippen LogP contribution in [0.3, 0.4) is 0 Å². The van der Waals surface area contributed by atoms with Gasteiger partial charge in [0.25, 0.3) is 0 Å². The van der Waals surface area contributed by atoms with Gasteiger partial charge >= 0.3 is 5.97 Å². The zero-order chi connectivity index (χ0) is 14.5. The molecule has 1 aromatic rings. The molecule has 0 spiro atoms. The summed E-state index contributed by atoms with van der Waals surface area (Å²) in [5.41, 5.74) is 0. The topological polar surface area (TPSA) is 78.3 Å². The molecule has 0 radical (unpaired) electrons. The van der Waals surface area contributed by atoms with Gasteiger partial charge in [0.2, 0.25) is 5.13 Å². The Morgan fingerprint density at radius 1 is 1.60 bits per heavy atom. The fourth-order valence-corrected chi connectivity index (χ4v) is 3.67. The van der Waals surface area contributed by atoms with Crippen molar-refractivity contribution in [2.75, 3.05) is 30.7 Å². The number of thioether (sulfide) groups is 1. The first-order valence-corrected chi connectivity index (χ1v) is 8.51. The van der Waals surface area contributed by atoms with Gasteiger partial charge in [-0.05, 0) is 32.7 Å². The first kappa shape index (κ1) is 15.5. The highest BCUT2D eigenvalue weighted by molar-refractivity contribution is 8.01. The minimum atomic E-state index is -0.834. The van der Waals surface area contributed by atoms with E-state index in [2.05, 4.69) is 34.3 Å². The molecule has 0 saturated carbocycles. The molecular formula is C12H20N4O2S2. The Labute approximate surface area is 127 Å². The number of anilines is 1. The van der Waals surface area contributed by atoms with Crippen molar-refractivity contribution >= 4 is 34.2 Å². The van der Waals surface area contributed by atoms with Gasteiger partial charge in [-0.3, -0.25) is 4.79 Å². The maximum absolute atomic E-state index is 10.5. The monoisotopic (exact) mass is 316 g/mol. The van der Waals surface area contributed by atoms with E-state index in [-0.39, 0.29) is 5.75 Å². The Morgan fingerprint density at radius 2 is 2.40 bits per heavy atom. The summed E-state index contributed by atoms with van der Waals surface area (Å²) < 4.78 is 0.699. The van der Waals surface area contributed by atoms with Crippen LogP contribution in [-0.4, -0.2) is 57.6 Å². The summed E-state index contributed by atoms with van der Waals surface area (Å²) in [6, 6.07) is 0.612. The normalized spacial score (nSPS) is 19.6. The number of carboxylic acids is 1.